The Morgan fingerprint density at radius 1 is 1.05 bits per heavy atom. The lowest BCUT2D eigenvalue weighted by Crippen LogP contribution is -2.32. The van der Waals surface area contributed by atoms with Gasteiger partial charge in [0, 0.05) is 21.3 Å². The largest absolute Gasteiger partial charge is 0.343 e. The van der Waals surface area contributed by atoms with E-state index in [0.29, 0.717) is 21.3 Å². The van der Waals surface area contributed by atoms with Crippen LogP contribution in [0.2, 0.25) is 10.0 Å². The Morgan fingerprint density at radius 3 is 2.36 bits per heavy atom. The van der Waals surface area contributed by atoms with Crippen LogP contribution in [0.15, 0.2) is 42.5 Å². The minimum Gasteiger partial charge on any atom is -0.343 e. The number of rotatable bonds is 4. The maximum atomic E-state index is 11.9. The molecular formula is C16H14Cl2N2O2. The summed E-state index contributed by atoms with van der Waals surface area (Å²) >= 11 is 11.7. The van der Waals surface area contributed by atoms with Crippen LogP contribution in [0.1, 0.15) is 15.9 Å². The lowest BCUT2D eigenvalue weighted by atomic mass is 10.2. The van der Waals surface area contributed by atoms with Crippen LogP contribution in [-0.2, 0) is 4.79 Å². The van der Waals surface area contributed by atoms with E-state index in [4.69, 9.17) is 23.2 Å². The van der Waals surface area contributed by atoms with Gasteiger partial charge in [-0.2, -0.15) is 0 Å². The summed E-state index contributed by atoms with van der Waals surface area (Å²) < 4.78 is 0. The zero-order valence-electron chi connectivity index (χ0n) is 11.8. The lowest BCUT2D eigenvalue weighted by Gasteiger charge is -2.08. The van der Waals surface area contributed by atoms with Gasteiger partial charge >= 0.3 is 0 Å². The van der Waals surface area contributed by atoms with E-state index in [9.17, 15) is 9.59 Å². The van der Waals surface area contributed by atoms with Crippen LogP contribution in [0.4, 0.5) is 5.69 Å². The number of hydrogen-bond acceptors (Lipinski definition) is 2. The fourth-order valence-corrected chi connectivity index (χ4v) is 2.05. The van der Waals surface area contributed by atoms with E-state index >= 15 is 0 Å². The molecule has 114 valence electrons. The molecule has 22 heavy (non-hydrogen) atoms. The van der Waals surface area contributed by atoms with Gasteiger partial charge in [0.1, 0.15) is 0 Å². The fraction of sp³-hybridized carbons (Fsp3) is 0.125. The minimum atomic E-state index is -0.339. The highest BCUT2D eigenvalue weighted by Crippen LogP contribution is 2.19. The Kier molecular flexibility index (Phi) is 5.41. The van der Waals surface area contributed by atoms with Crippen LogP contribution in [0, 0.1) is 6.92 Å². The number of aryl methyl sites for hydroxylation is 1. The van der Waals surface area contributed by atoms with Crippen molar-refractivity contribution >= 4 is 40.7 Å². The average Bonchev–Trinajstić information content (AvgIpc) is 2.49. The summed E-state index contributed by atoms with van der Waals surface area (Å²) in [6.45, 7) is 1.74. The maximum Gasteiger partial charge on any atom is 0.251 e. The third kappa shape index (κ3) is 4.48. The monoisotopic (exact) mass is 336 g/mol. The summed E-state index contributed by atoms with van der Waals surface area (Å²) in [5.74, 6) is -0.670. The molecular weight excluding hydrogens is 323 g/mol. The van der Waals surface area contributed by atoms with Crippen molar-refractivity contribution in [1.29, 1.82) is 0 Å². The van der Waals surface area contributed by atoms with E-state index in [1.54, 1.807) is 36.4 Å². The van der Waals surface area contributed by atoms with E-state index < -0.39 is 0 Å². The van der Waals surface area contributed by atoms with Crippen molar-refractivity contribution < 1.29 is 9.59 Å². The number of hydrogen-bond donors (Lipinski definition) is 2. The van der Waals surface area contributed by atoms with Gasteiger partial charge in [0.25, 0.3) is 5.91 Å². The van der Waals surface area contributed by atoms with E-state index in [2.05, 4.69) is 10.6 Å². The molecule has 2 amide bonds. The molecule has 0 aliphatic rings. The number of carbonyl (C=O) groups is 2. The van der Waals surface area contributed by atoms with Gasteiger partial charge in [-0.05, 0) is 48.9 Å². The summed E-state index contributed by atoms with van der Waals surface area (Å²) in [5.41, 5.74) is 1.95. The minimum absolute atomic E-state index is 0.132. The highest BCUT2D eigenvalue weighted by atomic mass is 35.5. The standard InChI is InChI=1S/C16H14Cl2N2O2/c1-10-2-7-13(8-14(10)18)20-15(21)9-19-16(22)11-3-5-12(17)6-4-11/h2-8H,9H2,1H3,(H,19,22)(H,20,21). The molecule has 0 radical (unpaired) electrons. The van der Waals surface area contributed by atoms with E-state index in [0.717, 1.165) is 5.56 Å². The van der Waals surface area contributed by atoms with Gasteiger partial charge in [0.05, 0.1) is 6.54 Å². The van der Waals surface area contributed by atoms with Gasteiger partial charge < -0.3 is 10.6 Å². The molecule has 0 bridgehead atoms. The molecule has 0 spiro atoms. The second-order valence-electron chi connectivity index (χ2n) is 4.70. The lowest BCUT2D eigenvalue weighted by molar-refractivity contribution is -0.115. The van der Waals surface area contributed by atoms with Gasteiger partial charge in [-0.25, -0.2) is 0 Å². The Balaban J connectivity index is 1.88. The Labute approximate surface area is 138 Å². The Morgan fingerprint density at radius 2 is 1.73 bits per heavy atom. The van der Waals surface area contributed by atoms with Crippen molar-refractivity contribution in [2.75, 3.05) is 11.9 Å². The maximum absolute atomic E-state index is 11.9. The van der Waals surface area contributed by atoms with Gasteiger partial charge in [0.15, 0.2) is 0 Å². The average molecular weight is 337 g/mol. The molecule has 2 aromatic carbocycles. The molecule has 0 aliphatic heterocycles. The topological polar surface area (TPSA) is 58.2 Å². The first kappa shape index (κ1) is 16.3. The summed E-state index contributed by atoms with van der Waals surface area (Å²) in [6, 6.07) is 11.6. The molecule has 0 fully saturated rings. The molecule has 6 heteroatoms. The second-order valence-corrected chi connectivity index (χ2v) is 5.55. The van der Waals surface area contributed by atoms with Gasteiger partial charge in [-0.1, -0.05) is 29.3 Å². The molecule has 0 saturated carbocycles. The third-order valence-electron chi connectivity index (χ3n) is 2.97. The van der Waals surface area contributed by atoms with E-state index in [1.807, 2.05) is 13.0 Å². The van der Waals surface area contributed by atoms with Crippen molar-refractivity contribution in [1.82, 2.24) is 5.32 Å². The number of amides is 2. The highest BCUT2D eigenvalue weighted by Gasteiger charge is 2.08. The fourth-order valence-electron chi connectivity index (χ4n) is 1.74. The van der Waals surface area contributed by atoms with Gasteiger partial charge in [-0.3, -0.25) is 9.59 Å². The molecule has 0 saturated heterocycles. The SMILES string of the molecule is Cc1ccc(NC(=O)CNC(=O)c2ccc(Cl)cc2)cc1Cl. The van der Waals surface area contributed by atoms with Crippen molar-refractivity contribution in [3.05, 3.63) is 63.6 Å². The smallest absolute Gasteiger partial charge is 0.251 e. The number of benzene rings is 2. The summed E-state index contributed by atoms with van der Waals surface area (Å²) in [7, 11) is 0. The van der Waals surface area contributed by atoms with Crippen LogP contribution in [-0.4, -0.2) is 18.4 Å². The summed E-state index contributed by atoms with van der Waals surface area (Å²) in [4.78, 5) is 23.7. The predicted molar refractivity (Wildman–Crippen MR) is 88.6 cm³/mol. The van der Waals surface area contributed by atoms with Crippen molar-refractivity contribution in [3.8, 4) is 0 Å². The number of halogens is 2. The number of anilines is 1. The van der Waals surface area contributed by atoms with Crippen molar-refractivity contribution in [3.63, 3.8) is 0 Å². The van der Waals surface area contributed by atoms with E-state index in [-0.39, 0.29) is 18.4 Å². The molecule has 0 atom stereocenters. The van der Waals surface area contributed by atoms with Crippen LogP contribution in [0.25, 0.3) is 0 Å². The number of carbonyl (C=O) groups excluding carboxylic acids is 2. The first-order valence-corrected chi connectivity index (χ1v) is 7.31. The quantitative estimate of drug-likeness (QED) is 0.894. The third-order valence-corrected chi connectivity index (χ3v) is 3.63. The zero-order valence-corrected chi connectivity index (χ0v) is 13.3. The first-order valence-electron chi connectivity index (χ1n) is 6.55. The van der Waals surface area contributed by atoms with Gasteiger partial charge in [-0.15, -0.1) is 0 Å². The summed E-state index contributed by atoms with van der Waals surface area (Å²) in [6.07, 6.45) is 0. The molecule has 2 aromatic rings. The molecule has 4 nitrogen and oxygen atoms in total. The van der Waals surface area contributed by atoms with Crippen LogP contribution < -0.4 is 10.6 Å². The number of nitrogens with one attached hydrogen (secondary N) is 2. The molecule has 0 aromatic heterocycles. The van der Waals surface area contributed by atoms with Crippen LogP contribution >= 0.6 is 23.2 Å². The molecule has 0 aliphatic carbocycles. The molecule has 0 unspecified atom stereocenters. The molecule has 0 heterocycles. The zero-order chi connectivity index (χ0) is 16.1. The Hall–Kier alpha value is -2.04. The van der Waals surface area contributed by atoms with Crippen LogP contribution in [0.5, 0.6) is 0 Å². The Bertz CT molecular complexity index is 700. The highest BCUT2D eigenvalue weighted by molar-refractivity contribution is 6.31. The first-order chi connectivity index (χ1) is 10.5. The normalized spacial score (nSPS) is 10.1. The van der Waals surface area contributed by atoms with Crippen LogP contribution in [0.3, 0.4) is 0 Å². The second kappa shape index (κ2) is 7.29. The molecule has 2 rings (SSSR count). The van der Waals surface area contributed by atoms with Crippen molar-refractivity contribution in [2.24, 2.45) is 0 Å². The summed E-state index contributed by atoms with van der Waals surface area (Å²) in [5, 5.41) is 6.32. The molecule has 2 N–H and O–H groups in total. The van der Waals surface area contributed by atoms with Gasteiger partial charge in [0.2, 0.25) is 5.91 Å². The van der Waals surface area contributed by atoms with Crippen molar-refractivity contribution in [2.45, 2.75) is 6.92 Å². The van der Waals surface area contributed by atoms with E-state index in [1.165, 1.54) is 0 Å². The predicted octanol–water partition coefficient (Wildman–Crippen LogP) is 3.67.